The van der Waals surface area contributed by atoms with Gasteiger partial charge in [0.15, 0.2) is 0 Å². The van der Waals surface area contributed by atoms with Gasteiger partial charge in [0.05, 0.1) is 5.60 Å². The summed E-state index contributed by atoms with van der Waals surface area (Å²) >= 11 is 0. The van der Waals surface area contributed by atoms with Crippen LogP contribution in [-0.2, 0) is 13.5 Å². The Labute approximate surface area is 109 Å². The number of aliphatic hydroxyl groups is 1. The molecule has 4 nitrogen and oxygen atoms in total. The molecule has 3 heterocycles. The number of piperidine rings is 1. The van der Waals surface area contributed by atoms with E-state index < -0.39 is 5.60 Å². The van der Waals surface area contributed by atoms with Crippen LogP contribution in [0.5, 0.6) is 0 Å². The molecule has 2 aliphatic heterocycles. The maximum atomic E-state index is 10.9. The molecule has 3 rings (SSSR count). The maximum Gasteiger partial charge on any atom is 0.0818 e. The molecule has 0 aromatic carbocycles. The Bertz CT molecular complexity index is 417. The molecule has 4 heteroatoms. The molecule has 2 aliphatic rings. The minimum atomic E-state index is -0.468. The van der Waals surface area contributed by atoms with Crippen molar-refractivity contribution in [1.29, 1.82) is 0 Å². The number of aromatic nitrogens is 2. The predicted molar refractivity (Wildman–Crippen MR) is 70.3 cm³/mol. The Morgan fingerprint density at radius 1 is 1.44 bits per heavy atom. The van der Waals surface area contributed by atoms with Crippen LogP contribution in [0.3, 0.4) is 0 Å². The number of nitrogens with zero attached hydrogens (tertiary/aromatic N) is 3. The van der Waals surface area contributed by atoms with E-state index in [0.29, 0.717) is 6.04 Å². The van der Waals surface area contributed by atoms with Gasteiger partial charge >= 0.3 is 0 Å². The van der Waals surface area contributed by atoms with Gasteiger partial charge in [-0.05, 0) is 44.7 Å². The molecule has 2 unspecified atom stereocenters. The van der Waals surface area contributed by atoms with E-state index in [0.717, 1.165) is 25.8 Å². The minimum absolute atomic E-state index is 0.402. The summed E-state index contributed by atoms with van der Waals surface area (Å²) < 4.78 is 1.91. The van der Waals surface area contributed by atoms with Crippen LogP contribution in [0.25, 0.3) is 0 Å². The Morgan fingerprint density at radius 3 is 3.11 bits per heavy atom. The molecular weight excluding hydrogens is 226 g/mol. The molecule has 0 bridgehead atoms. The van der Waals surface area contributed by atoms with E-state index in [1.807, 2.05) is 17.9 Å². The van der Waals surface area contributed by atoms with E-state index in [2.05, 4.69) is 16.1 Å². The smallest absolute Gasteiger partial charge is 0.0818 e. The van der Waals surface area contributed by atoms with Gasteiger partial charge in [0.2, 0.25) is 0 Å². The zero-order valence-corrected chi connectivity index (χ0v) is 11.2. The number of hydrogen-bond donors (Lipinski definition) is 1. The Balaban J connectivity index is 1.66. The molecule has 0 aliphatic carbocycles. The summed E-state index contributed by atoms with van der Waals surface area (Å²) in [5.41, 5.74) is 0.753. The molecule has 100 valence electrons. The Kier molecular flexibility index (Phi) is 3.16. The van der Waals surface area contributed by atoms with Crippen molar-refractivity contribution in [3.8, 4) is 0 Å². The first kappa shape index (κ1) is 12.2. The minimum Gasteiger partial charge on any atom is -0.388 e. The highest BCUT2D eigenvalue weighted by atomic mass is 16.3. The second-order valence-electron chi connectivity index (χ2n) is 5.85. The van der Waals surface area contributed by atoms with Gasteiger partial charge in [-0.1, -0.05) is 6.42 Å². The highest BCUT2D eigenvalue weighted by Gasteiger charge is 2.46. The third kappa shape index (κ3) is 2.08. The quantitative estimate of drug-likeness (QED) is 0.879. The fraction of sp³-hybridized carbons (Fsp3) is 0.786. The monoisotopic (exact) mass is 249 g/mol. The van der Waals surface area contributed by atoms with Crippen molar-refractivity contribution in [2.75, 3.05) is 13.1 Å². The SMILES string of the molecule is Cn1nccc1CCC1(O)CCN2CCCCC21. The van der Waals surface area contributed by atoms with Crippen LogP contribution < -0.4 is 0 Å². The lowest BCUT2D eigenvalue weighted by Gasteiger charge is -2.37. The summed E-state index contributed by atoms with van der Waals surface area (Å²) in [6.45, 7) is 2.26. The fourth-order valence-electron chi connectivity index (χ4n) is 3.65. The summed E-state index contributed by atoms with van der Waals surface area (Å²) in [5.74, 6) is 0. The molecule has 1 aromatic rings. The molecule has 1 N–H and O–H groups in total. The molecule has 2 fully saturated rings. The largest absolute Gasteiger partial charge is 0.388 e. The molecule has 1 aromatic heterocycles. The van der Waals surface area contributed by atoms with E-state index in [4.69, 9.17) is 0 Å². The second-order valence-corrected chi connectivity index (χ2v) is 5.85. The topological polar surface area (TPSA) is 41.3 Å². The first-order valence-electron chi connectivity index (χ1n) is 7.12. The first-order chi connectivity index (χ1) is 8.69. The van der Waals surface area contributed by atoms with Gasteiger partial charge in [0.25, 0.3) is 0 Å². The molecule has 18 heavy (non-hydrogen) atoms. The van der Waals surface area contributed by atoms with Gasteiger partial charge in [-0.25, -0.2) is 0 Å². The summed E-state index contributed by atoms with van der Waals surface area (Å²) in [6.07, 6.45) is 8.31. The third-order valence-electron chi connectivity index (χ3n) is 4.80. The second kappa shape index (κ2) is 4.67. The molecular formula is C14H23N3O. The molecule has 2 atom stereocenters. The summed E-state index contributed by atoms with van der Waals surface area (Å²) in [5, 5.41) is 15.1. The van der Waals surface area contributed by atoms with Crippen LogP contribution in [0.2, 0.25) is 0 Å². The summed E-state index contributed by atoms with van der Waals surface area (Å²) in [7, 11) is 1.97. The van der Waals surface area contributed by atoms with Crippen molar-refractivity contribution in [3.63, 3.8) is 0 Å². The van der Waals surface area contributed by atoms with Gasteiger partial charge in [-0.15, -0.1) is 0 Å². The summed E-state index contributed by atoms with van der Waals surface area (Å²) in [4.78, 5) is 2.49. The van der Waals surface area contributed by atoms with Crippen LogP contribution >= 0.6 is 0 Å². The van der Waals surface area contributed by atoms with Crippen molar-refractivity contribution in [2.45, 2.75) is 50.2 Å². The average molecular weight is 249 g/mol. The lowest BCUT2D eigenvalue weighted by molar-refractivity contribution is -0.0160. The van der Waals surface area contributed by atoms with E-state index in [1.54, 1.807) is 0 Å². The fourth-order valence-corrected chi connectivity index (χ4v) is 3.65. The Morgan fingerprint density at radius 2 is 2.33 bits per heavy atom. The van der Waals surface area contributed by atoms with E-state index in [-0.39, 0.29) is 0 Å². The van der Waals surface area contributed by atoms with Crippen LogP contribution in [0.1, 0.15) is 37.8 Å². The lowest BCUT2D eigenvalue weighted by Crippen LogP contribution is -2.47. The van der Waals surface area contributed by atoms with Crippen molar-refractivity contribution in [2.24, 2.45) is 7.05 Å². The van der Waals surface area contributed by atoms with E-state index in [1.165, 1.54) is 31.5 Å². The zero-order valence-electron chi connectivity index (χ0n) is 11.2. The number of rotatable bonds is 3. The van der Waals surface area contributed by atoms with E-state index in [9.17, 15) is 5.11 Å². The predicted octanol–water partition coefficient (Wildman–Crippen LogP) is 1.34. The van der Waals surface area contributed by atoms with Crippen LogP contribution in [-0.4, -0.2) is 44.5 Å². The maximum absolute atomic E-state index is 10.9. The third-order valence-corrected chi connectivity index (χ3v) is 4.80. The highest BCUT2D eigenvalue weighted by Crippen LogP contribution is 2.37. The van der Waals surface area contributed by atoms with Crippen LogP contribution in [0.15, 0.2) is 12.3 Å². The van der Waals surface area contributed by atoms with Gasteiger partial charge in [-0.2, -0.15) is 5.10 Å². The average Bonchev–Trinajstić information content (AvgIpc) is 2.93. The van der Waals surface area contributed by atoms with Gasteiger partial charge in [0, 0.05) is 31.5 Å². The Hall–Kier alpha value is -0.870. The van der Waals surface area contributed by atoms with Gasteiger partial charge in [-0.3, -0.25) is 9.58 Å². The zero-order chi connectivity index (χ0) is 12.6. The summed E-state index contributed by atoms with van der Waals surface area (Å²) in [6, 6.07) is 2.45. The normalized spacial score (nSPS) is 32.7. The van der Waals surface area contributed by atoms with Crippen molar-refractivity contribution < 1.29 is 5.11 Å². The van der Waals surface area contributed by atoms with Gasteiger partial charge in [0.1, 0.15) is 0 Å². The van der Waals surface area contributed by atoms with Crippen molar-refractivity contribution in [1.82, 2.24) is 14.7 Å². The molecule has 0 spiro atoms. The van der Waals surface area contributed by atoms with Crippen molar-refractivity contribution >= 4 is 0 Å². The number of aryl methyl sites for hydroxylation is 2. The standard InChI is InChI=1S/C14H23N3O/c1-16-12(6-9-15-16)5-7-14(18)8-11-17-10-3-2-4-13(14)17/h6,9,13,18H,2-5,7-8,10-11H2,1H3. The number of fused-ring (bicyclic) bond motifs is 1. The lowest BCUT2D eigenvalue weighted by atomic mass is 9.85. The van der Waals surface area contributed by atoms with Crippen LogP contribution in [0.4, 0.5) is 0 Å². The molecule has 0 amide bonds. The molecule has 0 radical (unpaired) electrons. The van der Waals surface area contributed by atoms with Crippen LogP contribution in [0, 0.1) is 0 Å². The molecule has 2 saturated heterocycles. The van der Waals surface area contributed by atoms with E-state index >= 15 is 0 Å². The molecule has 0 saturated carbocycles. The number of hydrogen-bond acceptors (Lipinski definition) is 3. The highest BCUT2D eigenvalue weighted by molar-refractivity contribution is 5.06. The van der Waals surface area contributed by atoms with Crippen molar-refractivity contribution in [3.05, 3.63) is 18.0 Å². The van der Waals surface area contributed by atoms with Gasteiger partial charge < -0.3 is 5.11 Å². The first-order valence-corrected chi connectivity index (χ1v) is 7.12.